The van der Waals surface area contributed by atoms with Crippen LogP contribution in [-0.2, 0) is 13.0 Å². The Hall–Kier alpha value is -2.47. The number of hydrogen-bond acceptors (Lipinski definition) is 3. The van der Waals surface area contributed by atoms with Crippen LogP contribution < -0.4 is 35.8 Å². The van der Waals surface area contributed by atoms with Crippen molar-refractivity contribution in [1.29, 1.82) is 0 Å². The van der Waals surface area contributed by atoms with Gasteiger partial charge in [0.15, 0.2) is 17.2 Å². The van der Waals surface area contributed by atoms with Gasteiger partial charge in [-0.15, -0.1) is 0 Å². The van der Waals surface area contributed by atoms with E-state index in [0.29, 0.717) is 13.2 Å². The van der Waals surface area contributed by atoms with Gasteiger partial charge < -0.3 is 31.2 Å². The number of imidazole rings is 1. The molecule has 3 heterocycles. The number of aromatic nitrogens is 2. The first-order valence-electron chi connectivity index (χ1n) is 10.0. The van der Waals surface area contributed by atoms with E-state index in [0.717, 1.165) is 35.9 Å². The number of ether oxygens (including phenoxy) is 3. The molecule has 2 aromatic carbocycles. The van der Waals surface area contributed by atoms with Crippen LogP contribution in [0.3, 0.4) is 0 Å². The number of fused-ring (bicyclic) bond motifs is 2. The Labute approximate surface area is 181 Å². The lowest BCUT2D eigenvalue weighted by Gasteiger charge is -2.18. The second-order valence-electron chi connectivity index (χ2n) is 7.32. The van der Waals surface area contributed by atoms with Gasteiger partial charge in [0.1, 0.15) is 30.8 Å². The Balaban J connectivity index is 0.00000205. The van der Waals surface area contributed by atoms with Crippen LogP contribution in [0.5, 0.6) is 17.2 Å². The van der Waals surface area contributed by atoms with E-state index >= 15 is 0 Å². The van der Waals surface area contributed by atoms with Crippen molar-refractivity contribution in [2.75, 3.05) is 20.3 Å². The standard InChI is InChI=1S/C23H25N2O3.BrH/c1-26-19-9-7-18(8-10-19)25-16-20(24-12-4-2-3-5-23(24)25)17-6-11-21-22(15-17)28-14-13-27-21;/h6-11,15-16H,2-5,12-14H2,1H3;1H/q+1;/p-1. The van der Waals surface area contributed by atoms with E-state index in [2.05, 4.69) is 39.6 Å². The summed E-state index contributed by atoms with van der Waals surface area (Å²) in [4.78, 5) is 0. The molecule has 0 saturated carbocycles. The molecule has 152 valence electrons. The van der Waals surface area contributed by atoms with Crippen molar-refractivity contribution in [2.24, 2.45) is 0 Å². The number of hydrogen-bond donors (Lipinski definition) is 0. The molecule has 2 aliphatic rings. The third-order valence-electron chi connectivity index (χ3n) is 5.60. The summed E-state index contributed by atoms with van der Waals surface area (Å²) in [6, 6.07) is 14.6. The van der Waals surface area contributed by atoms with Crippen LogP contribution in [0.4, 0.5) is 0 Å². The summed E-state index contributed by atoms with van der Waals surface area (Å²) < 4.78 is 21.6. The van der Waals surface area contributed by atoms with Gasteiger partial charge in [-0.2, -0.15) is 4.57 Å². The smallest absolute Gasteiger partial charge is 0.262 e. The van der Waals surface area contributed by atoms with E-state index in [1.54, 1.807) is 7.11 Å². The lowest BCUT2D eigenvalue weighted by atomic mass is 10.1. The molecular formula is C23H25BrN2O3. The number of halogens is 1. The highest BCUT2D eigenvalue weighted by atomic mass is 79.9. The van der Waals surface area contributed by atoms with Gasteiger partial charge in [0.2, 0.25) is 0 Å². The summed E-state index contributed by atoms with van der Waals surface area (Å²) in [5, 5.41) is 0. The lowest BCUT2D eigenvalue weighted by Crippen LogP contribution is -3.00. The molecule has 0 fully saturated rings. The Kier molecular flexibility index (Phi) is 5.81. The van der Waals surface area contributed by atoms with Crippen LogP contribution in [0.1, 0.15) is 25.1 Å². The molecule has 6 heteroatoms. The molecule has 3 aromatic rings. The predicted octanol–water partition coefficient (Wildman–Crippen LogP) is 0.942. The average Bonchev–Trinajstić information content (AvgIpc) is 2.94. The highest BCUT2D eigenvalue weighted by Crippen LogP contribution is 2.34. The van der Waals surface area contributed by atoms with E-state index in [4.69, 9.17) is 14.2 Å². The van der Waals surface area contributed by atoms with Crippen LogP contribution >= 0.6 is 0 Å². The molecule has 0 N–H and O–H groups in total. The molecule has 29 heavy (non-hydrogen) atoms. The van der Waals surface area contributed by atoms with Crippen molar-refractivity contribution in [2.45, 2.75) is 32.2 Å². The topological polar surface area (TPSA) is 36.5 Å². The van der Waals surface area contributed by atoms with Gasteiger partial charge in [0.05, 0.1) is 13.7 Å². The first kappa shape index (κ1) is 19.8. The molecule has 2 aliphatic heterocycles. The number of rotatable bonds is 3. The fourth-order valence-electron chi connectivity index (χ4n) is 4.17. The van der Waals surface area contributed by atoms with Gasteiger partial charge in [0, 0.05) is 12.0 Å². The van der Waals surface area contributed by atoms with Gasteiger partial charge in [-0.1, -0.05) is 0 Å². The Bertz CT molecular complexity index is 998. The molecule has 0 atom stereocenters. The minimum atomic E-state index is 0. The minimum absolute atomic E-state index is 0. The summed E-state index contributed by atoms with van der Waals surface area (Å²) in [5.41, 5.74) is 3.56. The maximum absolute atomic E-state index is 5.82. The number of nitrogens with zero attached hydrogens (tertiary/aromatic N) is 2. The average molecular weight is 457 g/mol. The Morgan fingerprint density at radius 1 is 0.931 bits per heavy atom. The van der Waals surface area contributed by atoms with Crippen LogP contribution in [0.25, 0.3) is 16.9 Å². The van der Waals surface area contributed by atoms with Crippen LogP contribution in [0.2, 0.25) is 0 Å². The maximum atomic E-state index is 5.82. The zero-order valence-corrected chi connectivity index (χ0v) is 18.2. The van der Waals surface area contributed by atoms with Crippen molar-refractivity contribution < 1.29 is 35.8 Å². The van der Waals surface area contributed by atoms with E-state index in [1.165, 1.54) is 36.3 Å². The van der Waals surface area contributed by atoms with Crippen molar-refractivity contribution in [3.05, 3.63) is 54.5 Å². The zero-order valence-electron chi connectivity index (χ0n) is 16.6. The van der Waals surface area contributed by atoms with Crippen LogP contribution in [0, 0.1) is 0 Å². The first-order chi connectivity index (χ1) is 13.8. The maximum Gasteiger partial charge on any atom is 0.262 e. The fourth-order valence-corrected chi connectivity index (χ4v) is 4.17. The molecule has 0 spiro atoms. The second kappa shape index (κ2) is 8.49. The van der Waals surface area contributed by atoms with Crippen LogP contribution in [-0.4, -0.2) is 24.9 Å². The summed E-state index contributed by atoms with van der Waals surface area (Å²) >= 11 is 0. The molecule has 5 rings (SSSR count). The first-order valence-corrected chi connectivity index (χ1v) is 10.0. The molecule has 0 unspecified atom stereocenters. The minimum Gasteiger partial charge on any atom is -1.00 e. The molecule has 0 aliphatic carbocycles. The summed E-state index contributed by atoms with van der Waals surface area (Å²) in [6.45, 7) is 2.27. The highest BCUT2D eigenvalue weighted by molar-refractivity contribution is 5.62. The molecule has 0 saturated heterocycles. The van der Waals surface area contributed by atoms with Crippen molar-refractivity contribution in [3.63, 3.8) is 0 Å². The van der Waals surface area contributed by atoms with Gasteiger partial charge in [-0.05, 0) is 61.7 Å². The number of methoxy groups -OCH3 is 1. The third-order valence-corrected chi connectivity index (χ3v) is 5.60. The largest absolute Gasteiger partial charge is 1.00 e. The van der Waals surface area contributed by atoms with E-state index in [1.807, 2.05) is 18.2 Å². The van der Waals surface area contributed by atoms with Gasteiger partial charge >= 0.3 is 0 Å². The van der Waals surface area contributed by atoms with Gasteiger partial charge in [0.25, 0.3) is 5.82 Å². The second-order valence-corrected chi connectivity index (χ2v) is 7.32. The Morgan fingerprint density at radius 3 is 2.52 bits per heavy atom. The summed E-state index contributed by atoms with van der Waals surface area (Å²) in [6.07, 6.45) is 7.04. The SMILES string of the molecule is COc1ccc(-n2cc(-c3ccc4c(c3)OCCO4)[n+]3c2CCCCC3)cc1.[Br-]. The summed E-state index contributed by atoms with van der Waals surface area (Å²) in [7, 11) is 1.70. The zero-order chi connectivity index (χ0) is 18.9. The third kappa shape index (κ3) is 3.73. The van der Waals surface area contributed by atoms with Crippen LogP contribution in [0.15, 0.2) is 48.7 Å². The van der Waals surface area contributed by atoms with Gasteiger partial charge in [-0.25, -0.2) is 4.57 Å². The molecular weight excluding hydrogens is 432 g/mol. The van der Waals surface area contributed by atoms with Crippen molar-refractivity contribution in [1.82, 2.24) is 4.57 Å². The Morgan fingerprint density at radius 2 is 1.72 bits per heavy atom. The quantitative estimate of drug-likeness (QED) is 0.550. The number of benzene rings is 2. The van der Waals surface area contributed by atoms with Crippen molar-refractivity contribution in [3.8, 4) is 34.2 Å². The van der Waals surface area contributed by atoms with E-state index < -0.39 is 0 Å². The van der Waals surface area contributed by atoms with E-state index in [-0.39, 0.29) is 17.0 Å². The lowest BCUT2D eigenvalue weighted by molar-refractivity contribution is -0.692. The van der Waals surface area contributed by atoms with Crippen molar-refractivity contribution >= 4 is 0 Å². The molecule has 0 amide bonds. The molecule has 0 radical (unpaired) electrons. The van der Waals surface area contributed by atoms with E-state index in [9.17, 15) is 0 Å². The normalized spacial score (nSPS) is 15.1. The monoisotopic (exact) mass is 456 g/mol. The van der Waals surface area contributed by atoms with Gasteiger partial charge in [-0.3, -0.25) is 0 Å². The molecule has 0 bridgehead atoms. The fraction of sp³-hybridized carbons (Fsp3) is 0.348. The molecule has 1 aromatic heterocycles. The summed E-state index contributed by atoms with van der Waals surface area (Å²) in [5.74, 6) is 3.90. The predicted molar refractivity (Wildman–Crippen MR) is 106 cm³/mol. The molecule has 5 nitrogen and oxygen atoms in total. The highest BCUT2D eigenvalue weighted by Gasteiger charge is 2.27.